The van der Waals surface area contributed by atoms with Gasteiger partial charge in [-0.2, -0.15) is 0 Å². The number of ether oxygens (including phenoxy) is 3. The predicted octanol–water partition coefficient (Wildman–Crippen LogP) is 17.6. The smallest absolute Gasteiger partial charge is 0.306 e. The molecule has 0 spiro atoms. The topological polar surface area (TPSA) is 78.9 Å². The van der Waals surface area contributed by atoms with Crippen LogP contribution < -0.4 is 0 Å². The molecule has 0 bridgehead atoms. The molecule has 0 radical (unpaired) electrons. The Bertz CT molecular complexity index is 1150. The monoisotopic (exact) mass is 881 g/mol. The minimum Gasteiger partial charge on any atom is -0.462 e. The SMILES string of the molecule is CC/C=C/C=C/C=C/C=C/CCCCCC(=O)OCC(COC(=O)CCCCCCC/C=C/CCCCCCCCC)OC(=O)CCCCCCCCCCCCCCCCCC. The second-order valence-corrected chi connectivity index (χ2v) is 17.9. The van der Waals surface area contributed by atoms with Gasteiger partial charge in [0.05, 0.1) is 0 Å². The van der Waals surface area contributed by atoms with Crippen LogP contribution in [0.1, 0.15) is 265 Å². The molecule has 0 aliphatic heterocycles. The summed E-state index contributed by atoms with van der Waals surface area (Å²) in [6.45, 7) is 6.47. The molecular weight excluding hydrogens is 781 g/mol. The first-order chi connectivity index (χ1) is 31.0. The molecule has 0 aliphatic rings. The molecule has 0 fully saturated rings. The molecule has 0 aromatic carbocycles. The summed E-state index contributed by atoms with van der Waals surface area (Å²) in [6.07, 6.45) is 63.5. The Morgan fingerprint density at radius 2 is 0.635 bits per heavy atom. The van der Waals surface area contributed by atoms with Gasteiger partial charge in [0.25, 0.3) is 0 Å². The van der Waals surface area contributed by atoms with Crippen LogP contribution in [0.4, 0.5) is 0 Å². The Morgan fingerprint density at radius 1 is 0.333 bits per heavy atom. The molecule has 6 heteroatoms. The second-order valence-electron chi connectivity index (χ2n) is 17.9. The second kappa shape index (κ2) is 51.7. The molecule has 0 rings (SSSR count). The van der Waals surface area contributed by atoms with E-state index in [4.69, 9.17) is 14.2 Å². The maximum Gasteiger partial charge on any atom is 0.306 e. The maximum absolute atomic E-state index is 12.8. The highest BCUT2D eigenvalue weighted by molar-refractivity contribution is 5.71. The van der Waals surface area contributed by atoms with E-state index in [2.05, 4.69) is 51.2 Å². The molecule has 1 atom stereocenters. The van der Waals surface area contributed by atoms with Crippen molar-refractivity contribution < 1.29 is 28.6 Å². The fraction of sp³-hybridized carbons (Fsp3) is 0.772. The van der Waals surface area contributed by atoms with E-state index in [-0.39, 0.29) is 31.1 Å². The molecule has 63 heavy (non-hydrogen) atoms. The maximum atomic E-state index is 12.8. The molecular formula is C57H100O6. The normalized spacial score (nSPS) is 12.5. The van der Waals surface area contributed by atoms with Crippen LogP contribution in [-0.4, -0.2) is 37.2 Å². The van der Waals surface area contributed by atoms with Gasteiger partial charge in [-0.3, -0.25) is 14.4 Å². The first kappa shape index (κ1) is 60.1. The highest BCUT2D eigenvalue weighted by Crippen LogP contribution is 2.16. The van der Waals surface area contributed by atoms with Gasteiger partial charge in [-0.1, -0.05) is 242 Å². The summed E-state index contributed by atoms with van der Waals surface area (Å²) < 4.78 is 16.8. The summed E-state index contributed by atoms with van der Waals surface area (Å²) in [5.74, 6) is -0.929. The Labute approximate surface area is 390 Å². The summed E-state index contributed by atoms with van der Waals surface area (Å²) in [4.78, 5) is 38.0. The van der Waals surface area contributed by atoms with E-state index in [1.807, 2.05) is 30.4 Å². The van der Waals surface area contributed by atoms with Gasteiger partial charge in [-0.15, -0.1) is 0 Å². The lowest BCUT2D eigenvalue weighted by molar-refractivity contribution is -0.167. The van der Waals surface area contributed by atoms with Crippen molar-refractivity contribution in [2.75, 3.05) is 13.2 Å². The van der Waals surface area contributed by atoms with Crippen LogP contribution in [0.3, 0.4) is 0 Å². The molecule has 0 aromatic heterocycles. The van der Waals surface area contributed by atoms with Crippen molar-refractivity contribution in [3.63, 3.8) is 0 Å². The van der Waals surface area contributed by atoms with E-state index in [9.17, 15) is 14.4 Å². The number of hydrogen-bond acceptors (Lipinski definition) is 6. The van der Waals surface area contributed by atoms with Gasteiger partial charge in [0.1, 0.15) is 13.2 Å². The summed E-state index contributed by atoms with van der Waals surface area (Å²) in [5, 5.41) is 0. The molecule has 6 nitrogen and oxygen atoms in total. The standard InChI is InChI=1S/C57H100O6/c1-4-7-10-13-16-19-22-25-27-29-32-35-38-41-44-47-50-56(59)62-53-54(52-61-55(58)49-46-43-40-37-34-31-24-21-18-15-12-9-6-3)63-57(60)51-48-45-42-39-36-33-30-28-26-23-20-17-14-11-8-5-2/h9,12,15,18,21,24,27,29,31,34,54H,4-8,10-11,13-14,16-17,19-20,22-23,25-26,28,30,32-33,35-53H2,1-3H3/b12-9+,18-15+,24-21+,29-27+,34-31+. The number of unbranched alkanes of at least 4 members (excludes halogenated alkanes) is 30. The number of rotatable bonds is 48. The Morgan fingerprint density at radius 3 is 1.03 bits per heavy atom. The van der Waals surface area contributed by atoms with Crippen LogP contribution in [0.5, 0.6) is 0 Å². The summed E-state index contributed by atoms with van der Waals surface area (Å²) in [6, 6.07) is 0. The van der Waals surface area contributed by atoms with Gasteiger partial charge >= 0.3 is 17.9 Å². The molecule has 0 N–H and O–H groups in total. The van der Waals surface area contributed by atoms with E-state index < -0.39 is 6.10 Å². The van der Waals surface area contributed by atoms with Crippen LogP contribution in [0.15, 0.2) is 60.8 Å². The molecule has 364 valence electrons. The van der Waals surface area contributed by atoms with Crippen LogP contribution in [0.25, 0.3) is 0 Å². The molecule has 0 aromatic rings. The first-order valence-corrected chi connectivity index (χ1v) is 26.8. The number of allylic oxidation sites excluding steroid dienone is 10. The van der Waals surface area contributed by atoms with Crippen molar-refractivity contribution in [1.82, 2.24) is 0 Å². The van der Waals surface area contributed by atoms with Gasteiger partial charge in [-0.25, -0.2) is 0 Å². The van der Waals surface area contributed by atoms with Crippen LogP contribution in [0.2, 0.25) is 0 Å². The average Bonchev–Trinajstić information content (AvgIpc) is 3.28. The van der Waals surface area contributed by atoms with Gasteiger partial charge in [0.2, 0.25) is 0 Å². The van der Waals surface area contributed by atoms with Crippen LogP contribution >= 0.6 is 0 Å². The third kappa shape index (κ3) is 50.0. The molecule has 0 aliphatic carbocycles. The highest BCUT2D eigenvalue weighted by Gasteiger charge is 2.19. The number of hydrogen-bond donors (Lipinski definition) is 0. The van der Waals surface area contributed by atoms with Crippen molar-refractivity contribution in [2.45, 2.75) is 271 Å². The third-order valence-electron chi connectivity index (χ3n) is 11.6. The number of carbonyl (C=O) groups is 3. The van der Waals surface area contributed by atoms with E-state index in [0.29, 0.717) is 19.3 Å². The highest BCUT2D eigenvalue weighted by atomic mass is 16.6. The van der Waals surface area contributed by atoms with Gasteiger partial charge in [0.15, 0.2) is 6.10 Å². The van der Waals surface area contributed by atoms with E-state index in [1.165, 1.54) is 148 Å². The van der Waals surface area contributed by atoms with Crippen LogP contribution in [-0.2, 0) is 28.6 Å². The number of esters is 3. The lowest BCUT2D eigenvalue weighted by Crippen LogP contribution is -2.30. The van der Waals surface area contributed by atoms with Crippen molar-refractivity contribution in [3.8, 4) is 0 Å². The molecule has 0 amide bonds. The fourth-order valence-electron chi connectivity index (χ4n) is 7.57. The minimum atomic E-state index is -0.791. The van der Waals surface area contributed by atoms with Crippen molar-refractivity contribution in [1.29, 1.82) is 0 Å². The van der Waals surface area contributed by atoms with E-state index in [0.717, 1.165) is 77.0 Å². The third-order valence-corrected chi connectivity index (χ3v) is 11.6. The molecule has 0 saturated carbocycles. The zero-order chi connectivity index (χ0) is 45.8. The minimum absolute atomic E-state index is 0.0893. The Balaban J connectivity index is 4.41. The van der Waals surface area contributed by atoms with E-state index >= 15 is 0 Å². The first-order valence-electron chi connectivity index (χ1n) is 26.8. The van der Waals surface area contributed by atoms with Crippen molar-refractivity contribution in [2.24, 2.45) is 0 Å². The predicted molar refractivity (Wildman–Crippen MR) is 270 cm³/mol. The largest absolute Gasteiger partial charge is 0.462 e. The lowest BCUT2D eigenvalue weighted by Gasteiger charge is -2.18. The zero-order valence-electron chi connectivity index (χ0n) is 41.6. The lowest BCUT2D eigenvalue weighted by atomic mass is 10.0. The zero-order valence-corrected chi connectivity index (χ0v) is 41.6. The quantitative estimate of drug-likeness (QED) is 0.0199. The van der Waals surface area contributed by atoms with Crippen molar-refractivity contribution in [3.05, 3.63) is 60.8 Å². The molecule has 0 heterocycles. The van der Waals surface area contributed by atoms with Crippen molar-refractivity contribution >= 4 is 17.9 Å². The molecule has 0 saturated heterocycles. The van der Waals surface area contributed by atoms with Gasteiger partial charge in [0, 0.05) is 19.3 Å². The van der Waals surface area contributed by atoms with E-state index in [1.54, 1.807) is 0 Å². The van der Waals surface area contributed by atoms with Gasteiger partial charge < -0.3 is 14.2 Å². The summed E-state index contributed by atoms with van der Waals surface area (Å²) in [5.41, 5.74) is 0. The van der Waals surface area contributed by atoms with Crippen LogP contribution in [0, 0.1) is 0 Å². The average molecular weight is 881 g/mol. The number of carbonyl (C=O) groups excluding carboxylic acids is 3. The Kier molecular flexibility index (Phi) is 49.4. The summed E-state index contributed by atoms with van der Waals surface area (Å²) >= 11 is 0. The Hall–Kier alpha value is -2.89. The summed E-state index contributed by atoms with van der Waals surface area (Å²) in [7, 11) is 0. The molecule has 1 unspecified atom stereocenters. The fourth-order valence-corrected chi connectivity index (χ4v) is 7.57. The van der Waals surface area contributed by atoms with Gasteiger partial charge in [-0.05, 0) is 64.2 Å².